The molecule has 82 valence electrons. The van der Waals surface area contributed by atoms with Gasteiger partial charge in [0.25, 0.3) is 0 Å². The largest absolute Gasteiger partial charge is 0.497 e. The molecule has 0 unspecified atom stereocenters. The Labute approximate surface area is 90.2 Å². The SMILES string of the molecule is COc1ccc(C2(CN)CC2)c(OC)c1. The van der Waals surface area contributed by atoms with E-state index in [4.69, 9.17) is 15.2 Å². The van der Waals surface area contributed by atoms with Crippen LogP contribution >= 0.6 is 0 Å². The number of hydrogen-bond acceptors (Lipinski definition) is 3. The van der Waals surface area contributed by atoms with Gasteiger partial charge in [-0.15, -0.1) is 0 Å². The van der Waals surface area contributed by atoms with Gasteiger partial charge < -0.3 is 15.2 Å². The zero-order valence-electron chi connectivity index (χ0n) is 9.25. The van der Waals surface area contributed by atoms with Crippen molar-refractivity contribution in [2.45, 2.75) is 18.3 Å². The number of benzene rings is 1. The van der Waals surface area contributed by atoms with Crippen LogP contribution in [0.25, 0.3) is 0 Å². The Morgan fingerprint density at radius 3 is 2.47 bits per heavy atom. The Morgan fingerprint density at radius 2 is 2.00 bits per heavy atom. The molecule has 1 aliphatic carbocycles. The molecule has 3 heteroatoms. The summed E-state index contributed by atoms with van der Waals surface area (Å²) >= 11 is 0. The van der Waals surface area contributed by atoms with E-state index in [-0.39, 0.29) is 5.41 Å². The van der Waals surface area contributed by atoms with E-state index in [0.717, 1.165) is 24.3 Å². The molecule has 0 aromatic heterocycles. The monoisotopic (exact) mass is 207 g/mol. The van der Waals surface area contributed by atoms with E-state index in [2.05, 4.69) is 6.07 Å². The summed E-state index contributed by atoms with van der Waals surface area (Å²) in [6.07, 6.45) is 2.32. The van der Waals surface area contributed by atoms with Crippen molar-refractivity contribution in [1.29, 1.82) is 0 Å². The lowest BCUT2D eigenvalue weighted by molar-refractivity contribution is 0.387. The molecule has 1 aromatic carbocycles. The standard InChI is InChI=1S/C12H17NO2/c1-14-9-3-4-10(11(7-9)15-2)12(8-13)5-6-12/h3-4,7H,5-6,8,13H2,1-2H3. The molecular formula is C12H17NO2. The summed E-state index contributed by atoms with van der Waals surface area (Å²) < 4.78 is 10.5. The van der Waals surface area contributed by atoms with Gasteiger partial charge in [-0.05, 0) is 18.9 Å². The van der Waals surface area contributed by atoms with Crippen LogP contribution in [0.1, 0.15) is 18.4 Å². The van der Waals surface area contributed by atoms with Gasteiger partial charge in [-0.1, -0.05) is 6.07 Å². The molecule has 0 saturated heterocycles. The molecule has 0 radical (unpaired) electrons. The van der Waals surface area contributed by atoms with Crippen molar-refractivity contribution >= 4 is 0 Å². The van der Waals surface area contributed by atoms with Gasteiger partial charge in [-0.2, -0.15) is 0 Å². The first kappa shape index (κ1) is 10.3. The van der Waals surface area contributed by atoms with E-state index >= 15 is 0 Å². The molecule has 1 aromatic rings. The van der Waals surface area contributed by atoms with Crippen LogP contribution in [0.4, 0.5) is 0 Å². The molecule has 15 heavy (non-hydrogen) atoms. The number of rotatable bonds is 4. The fraction of sp³-hybridized carbons (Fsp3) is 0.500. The van der Waals surface area contributed by atoms with Crippen molar-refractivity contribution in [1.82, 2.24) is 0 Å². The summed E-state index contributed by atoms with van der Waals surface area (Å²) in [7, 11) is 3.34. The molecule has 0 aliphatic heterocycles. The van der Waals surface area contributed by atoms with E-state index in [0.29, 0.717) is 6.54 Å². The van der Waals surface area contributed by atoms with Gasteiger partial charge in [-0.3, -0.25) is 0 Å². The fourth-order valence-corrected chi connectivity index (χ4v) is 1.97. The number of hydrogen-bond donors (Lipinski definition) is 1. The Bertz CT molecular complexity index is 359. The third-order valence-electron chi connectivity index (χ3n) is 3.22. The summed E-state index contributed by atoms with van der Waals surface area (Å²) in [5.41, 5.74) is 7.19. The second kappa shape index (κ2) is 3.74. The quantitative estimate of drug-likeness (QED) is 0.817. The highest BCUT2D eigenvalue weighted by Gasteiger charge is 2.44. The summed E-state index contributed by atoms with van der Waals surface area (Å²) in [5, 5.41) is 0. The topological polar surface area (TPSA) is 44.5 Å². The molecule has 3 nitrogen and oxygen atoms in total. The van der Waals surface area contributed by atoms with Gasteiger partial charge in [0.1, 0.15) is 11.5 Å². The smallest absolute Gasteiger partial charge is 0.126 e. The van der Waals surface area contributed by atoms with Gasteiger partial charge >= 0.3 is 0 Å². The predicted molar refractivity (Wildman–Crippen MR) is 59.5 cm³/mol. The molecule has 1 fully saturated rings. The molecular weight excluding hydrogens is 190 g/mol. The minimum absolute atomic E-state index is 0.164. The first-order chi connectivity index (χ1) is 7.25. The zero-order valence-corrected chi connectivity index (χ0v) is 9.25. The van der Waals surface area contributed by atoms with Crippen molar-refractivity contribution < 1.29 is 9.47 Å². The van der Waals surface area contributed by atoms with Crippen molar-refractivity contribution in [3.05, 3.63) is 23.8 Å². The van der Waals surface area contributed by atoms with Crippen LogP contribution in [-0.2, 0) is 5.41 Å². The van der Waals surface area contributed by atoms with Gasteiger partial charge in [0.15, 0.2) is 0 Å². The number of methoxy groups -OCH3 is 2. The van der Waals surface area contributed by atoms with Crippen LogP contribution in [0.5, 0.6) is 11.5 Å². The van der Waals surface area contributed by atoms with Crippen molar-refractivity contribution in [3.63, 3.8) is 0 Å². The second-order valence-corrected chi connectivity index (χ2v) is 4.05. The zero-order chi connectivity index (χ0) is 10.9. The van der Waals surface area contributed by atoms with Crippen LogP contribution < -0.4 is 15.2 Å². The molecule has 2 rings (SSSR count). The Morgan fingerprint density at radius 1 is 1.27 bits per heavy atom. The number of ether oxygens (including phenoxy) is 2. The summed E-state index contributed by atoms with van der Waals surface area (Å²) in [6, 6.07) is 5.95. The van der Waals surface area contributed by atoms with E-state index in [1.165, 1.54) is 5.56 Å². The van der Waals surface area contributed by atoms with Gasteiger partial charge in [0, 0.05) is 23.6 Å². The summed E-state index contributed by atoms with van der Waals surface area (Å²) in [4.78, 5) is 0. The highest BCUT2D eigenvalue weighted by molar-refractivity contribution is 5.47. The number of nitrogens with two attached hydrogens (primary N) is 1. The fourth-order valence-electron chi connectivity index (χ4n) is 1.97. The first-order valence-electron chi connectivity index (χ1n) is 5.18. The second-order valence-electron chi connectivity index (χ2n) is 4.05. The van der Waals surface area contributed by atoms with Crippen LogP contribution in [0.3, 0.4) is 0 Å². The van der Waals surface area contributed by atoms with Crippen molar-refractivity contribution in [2.75, 3.05) is 20.8 Å². The lowest BCUT2D eigenvalue weighted by Gasteiger charge is -2.17. The van der Waals surface area contributed by atoms with E-state index in [1.807, 2.05) is 12.1 Å². The van der Waals surface area contributed by atoms with E-state index in [1.54, 1.807) is 14.2 Å². The van der Waals surface area contributed by atoms with Crippen LogP contribution in [0.2, 0.25) is 0 Å². The van der Waals surface area contributed by atoms with Crippen LogP contribution in [0, 0.1) is 0 Å². The van der Waals surface area contributed by atoms with E-state index < -0.39 is 0 Å². The molecule has 2 N–H and O–H groups in total. The molecule has 1 aliphatic rings. The summed E-state index contributed by atoms with van der Waals surface area (Å²) in [6.45, 7) is 0.690. The third-order valence-corrected chi connectivity index (χ3v) is 3.22. The highest BCUT2D eigenvalue weighted by atomic mass is 16.5. The van der Waals surface area contributed by atoms with Gasteiger partial charge in [0.05, 0.1) is 14.2 Å². The Balaban J connectivity index is 2.39. The lowest BCUT2D eigenvalue weighted by atomic mass is 9.95. The highest BCUT2D eigenvalue weighted by Crippen LogP contribution is 2.50. The Kier molecular flexibility index (Phi) is 2.57. The minimum atomic E-state index is 0.164. The van der Waals surface area contributed by atoms with Crippen LogP contribution in [0.15, 0.2) is 18.2 Å². The maximum Gasteiger partial charge on any atom is 0.126 e. The Hall–Kier alpha value is -1.22. The molecule has 0 spiro atoms. The van der Waals surface area contributed by atoms with Gasteiger partial charge in [0.2, 0.25) is 0 Å². The lowest BCUT2D eigenvalue weighted by Crippen LogP contribution is -2.20. The average Bonchev–Trinajstić information content (AvgIpc) is 3.09. The minimum Gasteiger partial charge on any atom is -0.497 e. The maximum atomic E-state index is 5.81. The van der Waals surface area contributed by atoms with Crippen LogP contribution in [-0.4, -0.2) is 20.8 Å². The molecule has 0 amide bonds. The normalized spacial score (nSPS) is 17.3. The molecule has 0 heterocycles. The summed E-state index contributed by atoms with van der Waals surface area (Å²) in [5.74, 6) is 1.71. The molecule has 0 bridgehead atoms. The average molecular weight is 207 g/mol. The predicted octanol–water partition coefficient (Wildman–Crippen LogP) is 1.69. The van der Waals surface area contributed by atoms with Crippen molar-refractivity contribution in [3.8, 4) is 11.5 Å². The van der Waals surface area contributed by atoms with E-state index in [9.17, 15) is 0 Å². The first-order valence-corrected chi connectivity index (χ1v) is 5.18. The van der Waals surface area contributed by atoms with Gasteiger partial charge in [-0.25, -0.2) is 0 Å². The maximum absolute atomic E-state index is 5.81. The molecule has 0 atom stereocenters. The van der Waals surface area contributed by atoms with Crippen molar-refractivity contribution in [2.24, 2.45) is 5.73 Å². The third kappa shape index (κ3) is 1.67. The molecule has 1 saturated carbocycles.